The van der Waals surface area contributed by atoms with Gasteiger partial charge in [-0.25, -0.2) is 0 Å². The molecule has 0 radical (unpaired) electrons. The number of esters is 1. The molecule has 0 amide bonds. The molecule has 2 aliphatic rings. The fourth-order valence-corrected chi connectivity index (χ4v) is 5.04. The van der Waals surface area contributed by atoms with Crippen LogP contribution >= 0.6 is 0 Å². The Morgan fingerprint density at radius 3 is 2.00 bits per heavy atom. The summed E-state index contributed by atoms with van der Waals surface area (Å²) in [5, 5.41) is 8.83. The summed E-state index contributed by atoms with van der Waals surface area (Å²) in [7, 11) is 0. The van der Waals surface area contributed by atoms with Gasteiger partial charge in [0.2, 0.25) is 0 Å². The van der Waals surface area contributed by atoms with Crippen LogP contribution in [0.1, 0.15) is 99.8 Å². The predicted molar refractivity (Wildman–Crippen MR) is 114 cm³/mol. The molecule has 0 heterocycles. The first-order chi connectivity index (χ1) is 12.9. The van der Waals surface area contributed by atoms with Crippen LogP contribution in [-0.4, -0.2) is 23.1 Å². The Kier molecular flexibility index (Phi) is 10.00. The Labute approximate surface area is 172 Å². The summed E-state index contributed by atoms with van der Waals surface area (Å²) in [5.41, 5.74) is -0.0219. The first-order valence-electron chi connectivity index (χ1n) is 11.3. The largest absolute Gasteiger partial charge is 0.481 e. The lowest BCUT2D eigenvalue weighted by Gasteiger charge is -2.37. The lowest BCUT2D eigenvalue weighted by atomic mass is 9.67. The standard InChI is InChI=1S/2C12H22O2/c1-8(2)11-6-5-9(3)7-12(11)14-10(4)13;1-9-4-6-10(7-5-9)12(2,3)8-11(13)14/h8-9,11-12H,5-7H2,1-4H3;9-10H,4-8H2,1-3H3,(H,13,14). The van der Waals surface area contributed by atoms with Crippen LogP contribution < -0.4 is 0 Å². The molecule has 4 heteroatoms. The van der Waals surface area contributed by atoms with Gasteiger partial charge in [-0.1, -0.05) is 60.8 Å². The van der Waals surface area contributed by atoms with Crippen LogP contribution in [0.2, 0.25) is 0 Å². The number of carboxylic acids is 1. The molecule has 0 spiro atoms. The van der Waals surface area contributed by atoms with Gasteiger partial charge in [0.25, 0.3) is 0 Å². The molecule has 0 aliphatic heterocycles. The molecular formula is C24H44O4. The summed E-state index contributed by atoms with van der Waals surface area (Å²) in [6.45, 7) is 14.7. The zero-order valence-corrected chi connectivity index (χ0v) is 19.3. The second-order valence-corrected chi connectivity index (χ2v) is 10.5. The summed E-state index contributed by atoms with van der Waals surface area (Å²) >= 11 is 0. The van der Waals surface area contributed by atoms with Crippen molar-refractivity contribution in [2.45, 2.75) is 106 Å². The topological polar surface area (TPSA) is 63.6 Å². The minimum atomic E-state index is -0.659. The van der Waals surface area contributed by atoms with E-state index in [0.29, 0.717) is 30.1 Å². The van der Waals surface area contributed by atoms with Gasteiger partial charge in [-0.15, -0.1) is 0 Å². The molecule has 1 N–H and O–H groups in total. The fourth-order valence-electron chi connectivity index (χ4n) is 5.04. The average Bonchev–Trinajstić information content (AvgIpc) is 2.53. The number of carboxylic acid groups (broad SMARTS) is 1. The summed E-state index contributed by atoms with van der Waals surface area (Å²) in [4.78, 5) is 21.7. The molecule has 0 aromatic heterocycles. The summed E-state index contributed by atoms with van der Waals surface area (Å²) < 4.78 is 5.40. The second kappa shape index (κ2) is 11.2. The van der Waals surface area contributed by atoms with E-state index in [-0.39, 0.29) is 17.5 Å². The molecule has 0 aromatic carbocycles. The molecule has 0 aromatic rings. The molecular weight excluding hydrogens is 352 g/mol. The van der Waals surface area contributed by atoms with Crippen LogP contribution in [0.3, 0.4) is 0 Å². The van der Waals surface area contributed by atoms with E-state index in [2.05, 4.69) is 41.5 Å². The van der Waals surface area contributed by atoms with Crippen molar-refractivity contribution in [3.05, 3.63) is 0 Å². The lowest BCUT2D eigenvalue weighted by Crippen LogP contribution is -2.35. The molecule has 0 saturated heterocycles. The van der Waals surface area contributed by atoms with Gasteiger partial charge in [-0.2, -0.15) is 0 Å². The number of carbonyl (C=O) groups excluding carboxylic acids is 1. The zero-order chi connectivity index (χ0) is 21.5. The average molecular weight is 397 g/mol. The number of hydrogen-bond acceptors (Lipinski definition) is 3. The first kappa shape index (κ1) is 25.0. The third-order valence-corrected chi connectivity index (χ3v) is 7.01. The quantitative estimate of drug-likeness (QED) is 0.552. The Bertz CT molecular complexity index is 486. The van der Waals surface area contributed by atoms with Gasteiger partial charge in [0.15, 0.2) is 0 Å². The lowest BCUT2D eigenvalue weighted by molar-refractivity contribution is -0.153. The maximum absolute atomic E-state index is 11.0. The van der Waals surface area contributed by atoms with Gasteiger partial charge >= 0.3 is 11.9 Å². The van der Waals surface area contributed by atoms with Gasteiger partial charge in [0, 0.05) is 6.92 Å². The minimum absolute atomic E-state index is 0.0219. The molecule has 164 valence electrons. The molecule has 3 atom stereocenters. The summed E-state index contributed by atoms with van der Waals surface area (Å²) in [6, 6.07) is 0. The van der Waals surface area contributed by atoms with Crippen molar-refractivity contribution in [3.8, 4) is 0 Å². The molecule has 3 unspecified atom stereocenters. The van der Waals surface area contributed by atoms with Crippen LogP contribution in [-0.2, 0) is 14.3 Å². The van der Waals surface area contributed by atoms with Crippen molar-refractivity contribution in [1.29, 1.82) is 0 Å². The molecule has 28 heavy (non-hydrogen) atoms. The fraction of sp³-hybridized carbons (Fsp3) is 0.917. The van der Waals surface area contributed by atoms with Gasteiger partial charge in [0.1, 0.15) is 6.10 Å². The van der Waals surface area contributed by atoms with Gasteiger partial charge < -0.3 is 9.84 Å². The van der Waals surface area contributed by atoms with Crippen molar-refractivity contribution in [3.63, 3.8) is 0 Å². The van der Waals surface area contributed by atoms with Crippen molar-refractivity contribution >= 4 is 11.9 Å². The second-order valence-electron chi connectivity index (χ2n) is 10.5. The molecule has 4 nitrogen and oxygen atoms in total. The predicted octanol–water partition coefficient (Wildman–Crippen LogP) is 6.32. The Morgan fingerprint density at radius 2 is 1.54 bits per heavy atom. The molecule has 0 bridgehead atoms. The Morgan fingerprint density at radius 1 is 1.00 bits per heavy atom. The van der Waals surface area contributed by atoms with Gasteiger partial charge in [-0.05, 0) is 60.7 Å². The number of ether oxygens (including phenoxy) is 1. The van der Waals surface area contributed by atoms with E-state index in [0.717, 1.165) is 12.3 Å². The minimum Gasteiger partial charge on any atom is -0.481 e. The molecule has 2 aliphatic carbocycles. The maximum atomic E-state index is 11.0. The van der Waals surface area contributed by atoms with E-state index in [1.54, 1.807) is 0 Å². The van der Waals surface area contributed by atoms with Gasteiger partial charge in [-0.3, -0.25) is 9.59 Å². The first-order valence-corrected chi connectivity index (χ1v) is 11.3. The van der Waals surface area contributed by atoms with E-state index in [1.807, 2.05) is 0 Å². The van der Waals surface area contributed by atoms with E-state index < -0.39 is 5.97 Å². The van der Waals surface area contributed by atoms with E-state index in [4.69, 9.17) is 9.84 Å². The Balaban J connectivity index is 0.000000280. The van der Waals surface area contributed by atoms with Crippen LogP contribution in [0.25, 0.3) is 0 Å². The van der Waals surface area contributed by atoms with Crippen molar-refractivity contribution < 1.29 is 19.4 Å². The van der Waals surface area contributed by atoms with E-state index in [1.165, 1.54) is 45.4 Å². The summed E-state index contributed by atoms with van der Waals surface area (Å²) in [5.74, 6) is 2.54. The van der Waals surface area contributed by atoms with Crippen LogP contribution in [0, 0.1) is 35.0 Å². The highest BCUT2D eigenvalue weighted by atomic mass is 16.5. The SMILES string of the molecule is CC(=O)OC1CC(C)CCC1C(C)C.CC1CCC(C(C)(C)CC(=O)O)CC1. The number of aliphatic carboxylic acids is 1. The molecule has 2 saturated carbocycles. The monoisotopic (exact) mass is 396 g/mol. The highest BCUT2D eigenvalue weighted by Crippen LogP contribution is 2.42. The van der Waals surface area contributed by atoms with Crippen molar-refractivity contribution in [1.82, 2.24) is 0 Å². The van der Waals surface area contributed by atoms with Gasteiger partial charge in [0.05, 0.1) is 6.42 Å². The van der Waals surface area contributed by atoms with Crippen molar-refractivity contribution in [2.24, 2.45) is 35.0 Å². The van der Waals surface area contributed by atoms with Crippen LogP contribution in [0.5, 0.6) is 0 Å². The third-order valence-electron chi connectivity index (χ3n) is 7.01. The molecule has 2 fully saturated rings. The normalized spacial score (nSPS) is 30.9. The van der Waals surface area contributed by atoms with Crippen LogP contribution in [0.15, 0.2) is 0 Å². The molecule has 2 rings (SSSR count). The number of carbonyl (C=O) groups is 2. The maximum Gasteiger partial charge on any atom is 0.303 e. The number of rotatable bonds is 5. The van der Waals surface area contributed by atoms with Crippen LogP contribution in [0.4, 0.5) is 0 Å². The highest BCUT2D eigenvalue weighted by Gasteiger charge is 2.34. The summed E-state index contributed by atoms with van der Waals surface area (Å²) in [6.07, 6.45) is 8.96. The zero-order valence-electron chi connectivity index (χ0n) is 19.3. The third kappa shape index (κ3) is 8.53. The number of hydrogen-bond donors (Lipinski definition) is 1. The Hall–Kier alpha value is -1.06. The van der Waals surface area contributed by atoms with E-state index in [9.17, 15) is 9.59 Å². The van der Waals surface area contributed by atoms with E-state index >= 15 is 0 Å². The van der Waals surface area contributed by atoms with Crippen molar-refractivity contribution in [2.75, 3.05) is 0 Å². The highest BCUT2D eigenvalue weighted by molar-refractivity contribution is 5.67. The smallest absolute Gasteiger partial charge is 0.303 e.